The first-order valence-electron chi connectivity index (χ1n) is 14.7. The zero-order valence-electron chi connectivity index (χ0n) is 22.9. The van der Waals surface area contributed by atoms with Crippen molar-refractivity contribution in [3.63, 3.8) is 0 Å². The molecule has 4 rings (SSSR count). The number of aromatic nitrogens is 4. The van der Waals surface area contributed by atoms with Gasteiger partial charge in [0.2, 0.25) is 11.1 Å². The van der Waals surface area contributed by atoms with Crippen molar-refractivity contribution in [1.29, 1.82) is 0 Å². The molecule has 0 saturated heterocycles. The Kier molecular flexibility index (Phi) is 11.7. The lowest BCUT2D eigenvalue weighted by Crippen LogP contribution is -2.29. The fraction of sp³-hybridized carbons (Fsp3) is 0.548. The van der Waals surface area contributed by atoms with Crippen molar-refractivity contribution in [2.24, 2.45) is 0 Å². The molecule has 6 nitrogen and oxygen atoms in total. The molecular formula is C31H43N5OS. The Morgan fingerprint density at radius 2 is 1.32 bits per heavy atom. The summed E-state index contributed by atoms with van der Waals surface area (Å²) in [6.07, 6.45) is 18.7. The molecule has 2 heterocycles. The predicted molar refractivity (Wildman–Crippen MR) is 157 cm³/mol. The van der Waals surface area contributed by atoms with Gasteiger partial charge in [-0.3, -0.25) is 4.79 Å². The van der Waals surface area contributed by atoms with Crippen LogP contribution in [0.3, 0.4) is 0 Å². The summed E-state index contributed by atoms with van der Waals surface area (Å²) in [5.74, 6) is 0.133. The molecule has 0 N–H and O–H groups in total. The molecule has 0 radical (unpaired) electrons. The van der Waals surface area contributed by atoms with Crippen LogP contribution in [0.5, 0.6) is 0 Å². The normalized spacial score (nSPS) is 14.8. The van der Waals surface area contributed by atoms with E-state index in [9.17, 15) is 4.79 Å². The van der Waals surface area contributed by atoms with Gasteiger partial charge in [-0.05, 0) is 40.6 Å². The van der Waals surface area contributed by atoms with E-state index < -0.39 is 0 Å². The van der Waals surface area contributed by atoms with E-state index in [4.69, 9.17) is 0 Å². The minimum Gasteiger partial charge on any atom is -0.311 e. The van der Waals surface area contributed by atoms with Crippen LogP contribution >= 0.6 is 11.8 Å². The van der Waals surface area contributed by atoms with Gasteiger partial charge in [-0.25, -0.2) is 0 Å². The molecule has 0 saturated carbocycles. The second-order valence-corrected chi connectivity index (χ2v) is 11.4. The van der Waals surface area contributed by atoms with Crippen LogP contribution in [0.1, 0.15) is 108 Å². The minimum absolute atomic E-state index is 0.133. The van der Waals surface area contributed by atoms with Crippen molar-refractivity contribution in [3.8, 4) is 5.69 Å². The van der Waals surface area contributed by atoms with E-state index >= 15 is 0 Å². The number of anilines is 1. The first kappa shape index (κ1) is 28.3. The van der Waals surface area contributed by atoms with Crippen molar-refractivity contribution >= 4 is 23.4 Å². The van der Waals surface area contributed by atoms with Crippen molar-refractivity contribution in [2.45, 2.75) is 107 Å². The lowest BCUT2D eigenvalue weighted by Gasteiger charge is -2.18. The molecule has 1 amide bonds. The predicted octanol–water partition coefficient (Wildman–Crippen LogP) is 8.32. The zero-order valence-corrected chi connectivity index (χ0v) is 23.7. The van der Waals surface area contributed by atoms with E-state index in [1.54, 1.807) is 4.68 Å². The standard InChI is InChI=1S/C31H43N5OS/c1-2-3-4-5-6-7-8-9-10-11-12-13-14-20-25-35-28-24-19-18-23-27(28)29(30(35)37)38-31-32-33-34-36(31)26-21-16-15-17-22-26/h15-19,21-24,29H,2-14,20,25H2,1H3. The molecule has 38 heavy (non-hydrogen) atoms. The van der Waals surface area contributed by atoms with E-state index in [-0.39, 0.29) is 11.2 Å². The number of amides is 1. The van der Waals surface area contributed by atoms with Gasteiger partial charge in [0, 0.05) is 12.2 Å². The first-order valence-corrected chi connectivity index (χ1v) is 15.6. The summed E-state index contributed by atoms with van der Waals surface area (Å²) in [5, 5.41) is 12.6. The molecule has 1 atom stereocenters. The number of unbranched alkanes of at least 4 members (excludes halogenated alkanes) is 13. The number of thioether (sulfide) groups is 1. The maximum atomic E-state index is 13.5. The smallest absolute Gasteiger partial charge is 0.245 e. The summed E-state index contributed by atoms with van der Waals surface area (Å²) in [5.41, 5.74) is 2.97. The summed E-state index contributed by atoms with van der Waals surface area (Å²) in [6.45, 7) is 3.05. The average molecular weight is 534 g/mol. The van der Waals surface area contributed by atoms with Gasteiger partial charge < -0.3 is 4.90 Å². The van der Waals surface area contributed by atoms with Crippen LogP contribution < -0.4 is 4.90 Å². The number of carbonyl (C=O) groups is 1. The molecule has 204 valence electrons. The third kappa shape index (κ3) is 7.92. The number of benzene rings is 2. The molecule has 1 aromatic heterocycles. The Labute approximate surface area is 232 Å². The number of tetrazole rings is 1. The van der Waals surface area contributed by atoms with E-state index in [1.165, 1.54) is 95.2 Å². The number of para-hydroxylation sites is 2. The number of carbonyl (C=O) groups excluding carboxylic acids is 1. The Balaban J connectivity index is 1.18. The number of hydrogen-bond donors (Lipinski definition) is 0. The van der Waals surface area contributed by atoms with Gasteiger partial charge >= 0.3 is 0 Å². The van der Waals surface area contributed by atoms with Gasteiger partial charge in [-0.2, -0.15) is 4.68 Å². The quantitative estimate of drug-likeness (QED) is 0.154. The van der Waals surface area contributed by atoms with Crippen LogP contribution in [0, 0.1) is 0 Å². The molecule has 3 aromatic rings. The lowest BCUT2D eigenvalue weighted by molar-refractivity contribution is -0.117. The minimum atomic E-state index is -0.327. The van der Waals surface area contributed by atoms with E-state index in [1.807, 2.05) is 47.4 Å². The van der Waals surface area contributed by atoms with Crippen LogP contribution in [0.15, 0.2) is 59.8 Å². The van der Waals surface area contributed by atoms with Gasteiger partial charge in [0.25, 0.3) is 0 Å². The highest BCUT2D eigenvalue weighted by molar-refractivity contribution is 8.00. The maximum Gasteiger partial charge on any atom is 0.245 e. The second-order valence-electron chi connectivity index (χ2n) is 10.4. The fourth-order valence-electron chi connectivity index (χ4n) is 5.25. The van der Waals surface area contributed by atoms with Gasteiger partial charge in [-0.1, -0.05) is 139 Å². The highest BCUT2D eigenvalue weighted by Gasteiger charge is 2.38. The molecule has 2 aromatic carbocycles. The molecule has 0 aliphatic carbocycles. The SMILES string of the molecule is CCCCCCCCCCCCCCCCN1C(=O)C(Sc2nnnn2-c2ccccc2)c2ccccc21. The summed E-state index contributed by atoms with van der Waals surface area (Å²) >= 11 is 1.43. The third-order valence-electron chi connectivity index (χ3n) is 7.40. The van der Waals surface area contributed by atoms with Crippen molar-refractivity contribution < 1.29 is 4.79 Å². The fourth-order valence-corrected chi connectivity index (χ4v) is 6.34. The molecule has 1 unspecified atom stereocenters. The first-order chi connectivity index (χ1) is 18.8. The van der Waals surface area contributed by atoms with Crippen LogP contribution in [-0.2, 0) is 4.79 Å². The molecule has 7 heteroatoms. The summed E-state index contributed by atoms with van der Waals surface area (Å²) in [4.78, 5) is 15.5. The van der Waals surface area contributed by atoms with E-state index in [0.717, 1.165) is 29.9 Å². The van der Waals surface area contributed by atoms with E-state index in [0.29, 0.717) is 5.16 Å². The zero-order chi connectivity index (χ0) is 26.4. The lowest BCUT2D eigenvalue weighted by atomic mass is 10.0. The highest BCUT2D eigenvalue weighted by Crippen LogP contribution is 2.46. The summed E-state index contributed by atoms with van der Waals surface area (Å²) in [7, 11) is 0. The Bertz CT molecular complexity index is 1100. The van der Waals surface area contributed by atoms with Crippen LogP contribution in [-0.4, -0.2) is 32.7 Å². The Morgan fingerprint density at radius 1 is 0.737 bits per heavy atom. The number of fused-ring (bicyclic) bond motifs is 1. The van der Waals surface area contributed by atoms with Crippen molar-refractivity contribution in [3.05, 3.63) is 60.2 Å². The molecule has 1 aliphatic heterocycles. The number of nitrogens with zero attached hydrogens (tertiary/aromatic N) is 5. The second kappa shape index (κ2) is 15.7. The average Bonchev–Trinajstić information content (AvgIpc) is 3.52. The number of hydrogen-bond acceptors (Lipinski definition) is 5. The molecular weight excluding hydrogens is 490 g/mol. The van der Waals surface area contributed by atoms with Gasteiger partial charge in [-0.15, -0.1) is 5.10 Å². The molecule has 0 bridgehead atoms. The summed E-state index contributed by atoms with van der Waals surface area (Å²) < 4.78 is 1.71. The Hall–Kier alpha value is -2.67. The highest BCUT2D eigenvalue weighted by atomic mass is 32.2. The van der Waals surface area contributed by atoms with Crippen molar-refractivity contribution in [2.75, 3.05) is 11.4 Å². The molecule has 0 fully saturated rings. The van der Waals surface area contributed by atoms with E-state index in [2.05, 4.69) is 34.6 Å². The Morgan fingerprint density at radius 3 is 1.97 bits per heavy atom. The van der Waals surface area contributed by atoms with Crippen LogP contribution in [0.25, 0.3) is 5.69 Å². The van der Waals surface area contributed by atoms with Crippen LogP contribution in [0.4, 0.5) is 5.69 Å². The largest absolute Gasteiger partial charge is 0.311 e. The van der Waals surface area contributed by atoms with Gasteiger partial charge in [0.05, 0.1) is 5.69 Å². The molecule has 1 aliphatic rings. The maximum absolute atomic E-state index is 13.5. The number of rotatable bonds is 18. The third-order valence-corrected chi connectivity index (χ3v) is 8.56. The van der Waals surface area contributed by atoms with Crippen molar-refractivity contribution in [1.82, 2.24) is 20.2 Å². The monoisotopic (exact) mass is 533 g/mol. The topological polar surface area (TPSA) is 63.9 Å². The van der Waals surface area contributed by atoms with Gasteiger partial charge in [0.1, 0.15) is 5.25 Å². The van der Waals surface area contributed by atoms with Gasteiger partial charge in [0.15, 0.2) is 0 Å². The van der Waals surface area contributed by atoms with Crippen LogP contribution in [0.2, 0.25) is 0 Å². The summed E-state index contributed by atoms with van der Waals surface area (Å²) in [6, 6.07) is 18.0. The molecule has 0 spiro atoms.